The van der Waals surface area contributed by atoms with E-state index in [0.29, 0.717) is 10.0 Å². The second kappa shape index (κ2) is 6.45. The fourth-order valence-corrected chi connectivity index (χ4v) is 3.23. The summed E-state index contributed by atoms with van der Waals surface area (Å²) in [5.74, 6) is 5.73. The first-order valence-corrected chi connectivity index (χ1v) is 7.64. The highest BCUT2D eigenvalue weighted by Crippen LogP contribution is 2.32. The normalized spacial score (nSPS) is 12.9. The molecule has 7 heteroatoms. The minimum atomic E-state index is -0.289. The van der Waals surface area contributed by atoms with Gasteiger partial charge in [-0.1, -0.05) is 39.1 Å². The smallest absolute Gasteiger partial charge is 0.0894 e. The van der Waals surface area contributed by atoms with E-state index in [0.717, 1.165) is 15.7 Å². The summed E-state index contributed by atoms with van der Waals surface area (Å²) in [5, 5.41) is 5.49. The molecule has 0 aliphatic rings. The zero-order valence-corrected chi connectivity index (χ0v) is 14.2. The van der Waals surface area contributed by atoms with E-state index in [2.05, 4.69) is 26.5 Å². The minimum Gasteiger partial charge on any atom is -0.271 e. The highest BCUT2D eigenvalue weighted by molar-refractivity contribution is 9.10. The third-order valence-electron chi connectivity index (χ3n) is 2.93. The van der Waals surface area contributed by atoms with Gasteiger partial charge in [0.15, 0.2) is 0 Å². The summed E-state index contributed by atoms with van der Waals surface area (Å²) in [4.78, 5) is 0. The molecule has 1 aromatic heterocycles. The van der Waals surface area contributed by atoms with Crippen molar-refractivity contribution >= 4 is 39.1 Å². The van der Waals surface area contributed by atoms with Crippen LogP contribution in [0.25, 0.3) is 0 Å². The van der Waals surface area contributed by atoms with E-state index in [1.54, 1.807) is 6.20 Å². The molecule has 4 nitrogen and oxygen atoms in total. The molecule has 2 aromatic rings. The van der Waals surface area contributed by atoms with Gasteiger partial charge in [0.05, 0.1) is 23.0 Å². The standard InChI is InChI=1S/C13H15BrCl2N4/c1-7(2)20-13(11(16)6-18-20)12(19-17)8-3-9(14)5-10(15)4-8/h3-7,12,19H,17H2,1-2H3. The second-order valence-corrected chi connectivity index (χ2v) is 6.48. The van der Waals surface area contributed by atoms with Crippen LogP contribution in [0.1, 0.15) is 37.2 Å². The van der Waals surface area contributed by atoms with Gasteiger partial charge in [-0.25, -0.2) is 5.43 Å². The van der Waals surface area contributed by atoms with Crippen molar-refractivity contribution in [1.29, 1.82) is 0 Å². The predicted octanol–water partition coefficient (Wildman–Crippen LogP) is 4.09. The predicted molar refractivity (Wildman–Crippen MR) is 85.9 cm³/mol. The van der Waals surface area contributed by atoms with Crippen LogP contribution in [-0.4, -0.2) is 9.78 Å². The van der Waals surface area contributed by atoms with Crippen LogP contribution < -0.4 is 11.3 Å². The number of nitrogens with zero attached hydrogens (tertiary/aromatic N) is 2. The third kappa shape index (κ3) is 3.18. The molecule has 0 fully saturated rings. The van der Waals surface area contributed by atoms with Crippen LogP contribution in [0.3, 0.4) is 0 Å². The summed E-state index contributed by atoms with van der Waals surface area (Å²) >= 11 is 15.8. The van der Waals surface area contributed by atoms with Crippen molar-refractivity contribution in [1.82, 2.24) is 15.2 Å². The average Bonchev–Trinajstić information content (AvgIpc) is 2.72. The lowest BCUT2D eigenvalue weighted by Crippen LogP contribution is -2.31. The van der Waals surface area contributed by atoms with Crippen molar-refractivity contribution in [2.75, 3.05) is 0 Å². The Morgan fingerprint density at radius 1 is 1.30 bits per heavy atom. The van der Waals surface area contributed by atoms with E-state index in [1.807, 2.05) is 36.7 Å². The Hall–Kier alpha value is -0.590. The van der Waals surface area contributed by atoms with Crippen molar-refractivity contribution < 1.29 is 0 Å². The minimum absolute atomic E-state index is 0.177. The summed E-state index contributed by atoms with van der Waals surface area (Å²) in [6, 6.07) is 5.51. The monoisotopic (exact) mass is 376 g/mol. The molecule has 0 aliphatic carbocycles. The lowest BCUT2D eigenvalue weighted by Gasteiger charge is -2.21. The fraction of sp³-hybridized carbons (Fsp3) is 0.308. The first-order chi connectivity index (χ1) is 9.43. The molecule has 2 rings (SSSR count). The molecule has 0 radical (unpaired) electrons. The van der Waals surface area contributed by atoms with Gasteiger partial charge < -0.3 is 0 Å². The van der Waals surface area contributed by atoms with Gasteiger partial charge in [-0.3, -0.25) is 10.5 Å². The maximum atomic E-state index is 6.27. The van der Waals surface area contributed by atoms with Gasteiger partial charge in [0.2, 0.25) is 0 Å². The topological polar surface area (TPSA) is 55.9 Å². The number of benzene rings is 1. The highest BCUT2D eigenvalue weighted by Gasteiger charge is 2.23. The van der Waals surface area contributed by atoms with Crippen LogP contribution in [0.5, 0.6) is 0 Å². The molecule has 1 unspecified atom stereocenters. The molecule has 1 atom stereocenters. The van der Waals surface area contributed by atoms with Crippen LogP contribution in [0.4, 0.5) is 0 Å². The quantitative estimate of drug-likeness (QED) is 0.623. The lowest BCUT2D eigenvalue weighted by atomic mass is 10.0. The van der Waals surface area contributed by atoms with E-state index in [4.69, 9.17) is 29.0 Å². The molecular formula is C13H15BrCl2N4. The molecule has 0 aliphatic heterocycles. The van der Waals surface area contributed by atoms with Gasteiger partial charge in [0.1, 0.15) is 0 Å². The average molecular weight is 378 g/mol. The molecule has 20 heavy (non-hydrogen) atoms. The molecule has 3 N–H and O–H groups in total. The Bertz CT molecular complexity index is 592. The molecular weight excluding hydrogens is 363 g/mol. The van der Waals surface area contributed by atoms with Crippen LogP contribution >= 0.6 is 39.1 Å². The largest absolute Gasteiger partial charge is 0.271 e. The molecule has 0 amide bonds. The van der Waals surface area contributed by atoms with Gasteiger partial charge in [0, 0.05) is 15.5 Å². The van der Waals surface area contributed by atoms with Gasteiger partial charge in [-0.05, 0) is 37.6 Å². The number of nitrogens with two attached hydrogens (primary N) is 1. The van der Waals surface area contributed by atoms with E-state index in [-0.39, 0.29) is 12.1 Å². The first kappa shape index (κ1) is 15.8. The Morgan fingerprint density at radius 2 is 2.00 bits per heavy atom. The Morgan fingerprint density at radius 3 is 2.55 bits per heavy atom. The molecule has 0 bridgehead atoms. The Kier molecular flexibility index (Phi) is 5.09. The highest BCUT2D eigenvalue weighted by atomic mass is 79.9. The van der Waals surface area contributed by atoms with Gasteiger partial charge >= 0.3 is 0 Å². The summed E-state index contributed by atoms with van der Waals surface area (Å²) in [6.45, 7) is 4.07. The zero-order valence-electron chi connectivity index (χ0n) is 11.1. The van der Waals surface area contributed by atoms with Gasteiger partial charge in [0.25, 0.3) is 0 Å². The number of aromatic nitrogens is 2. The van der Waals surface area contributed by atoms with Gasteiger partial charge in [-0.15, -0.1) is 0 Å². The number of nitrogens with one attached hydrogen (secondary N) is 1. The summed E-state index contributed by atoms with van der Waals surface area (Å²) < 4.78 is 2.73. The van der Waals surface area contributed by atoms with Gasteiger partial charge in [-0.2, -0.15) is 5.10 Å². The van der Waals surface area contributed by atoms with Crippen molar-refractivity contribution in [3.8, 4) is 0 Å². The van der Waals surface area contributed by atoms with E-state index >= 15 is 0 Å². The van der Waals surface area contributed by atoms with E-state index in [1.165, 1.54) is 0 Å². The summed E-state index contributed by atoms with van der Waals surface area (Å²) in [6.07, 6.45) is 1.63. The lowest BCUT2D eigenvalue weighted by molar-refractivity contribution is 0.476. The summed E-state index contributed by atoms with van der Waals surface area (Å²) in [5.41, 5.74) is 4.52. The SMILES string of the molecule is CC(C)n1ncc(Cl)c1C(NN)c1cc(Cl)cc(Br)c1. The molecule has 0 spiro atoms. The van der Waals surface area contributed by atoms with E-state index in [9.17, 15) is 0 Å². The van der Waals surface area contributed by atoms with Crippen LogP contribution in [-0.2, 0) is 0 Å². The molecule has 1 heterocycles. The molecule has 1 aromatic carbocycles. The number of hydrogen-bond acceptors (Lipinski definition) is 3. The molecule has 0 saturated carbocycles. The molecule has 108 valence electrons. The first-order valence-electron chi connectivity index (χ1n) is 6.09. The van der Waals surface area contributed by atoms with Crippen molar-refractivity contribution in [2.45, 2.75) is 25.9 Å². The summed E-state index contributed by atoms with van der Waals surface area (Å²) in [7, 11) is 0. The Balaban J connectivity index is 2.55. The number of rotatable bonds is 4. The van der Waals surface area contributed by atoms with Crippen molar-refractivity contribution in [3.05, 3.63) is 50.2 Å². The van der Waals surface area contributed by atoms with Crippen molar-refractivity contribution in [2.24, 2.45) is 5.84 Å². The zero-order chi connectivity index (χ0) is 14.9. The fourth-order valence-electron chi connectivity index (χ4n) is 2.11. The third-order valence-corrected chi connectivity index (χ3v) is 3.90. The van der Waals surface area contributed by atoms with Crippen molar-refractivity contribution in [3.63, 3.8) is 0 Å². The number of hydrogen-bond donors (Lipinski definition) is 2. The van der Waals surface area contributed by atoms with E-state index < -0.39 is 0 Å². The maximum Gasteiger partial charge on any atom is 0.0894 e. The van der Waals surface area contributed by atoms with Crippen LogP contribution in [0.15, 0.2) is 28.9 Å². The number of hydrazine groups is 1. The second-order valence-electron chi connectivity index (χ2n) is 4.72. The van der Waals surface area contributed by atoms with Crippen LogP contribution in [0.2, 0.25) is 10.0 Å². The maximum absolute atomic E-state index is 6.27. The molecule has 0 saturated heterocycles. The Labute approximate surface area is 136 Å². The van der Waals surface area contributed by atoms with Crippen LogP contribution in [0, 0.1) is 0 Å². The number of halogens is 3.